The van der Waals surface area contributed by atoms with Gasteiger partial charge in [-0.1, -0.05) is 58.2 Å². The summed E-state index contributed by atoms with van der Waals surface area (Å²) in [5.41, 5.74) is 1.57. The molecule has 0 aromatic heterocycles. The molecule has 0 aliphatic rings. The molecule has 0 heterocycles. The van der Waals surface area contributed by atoms with Gasteiger partial charge in [0.05, 0.1) is 10.6 Å². The fraction of sp³-hybridized carbons (Fsp3) is 0.480. The summed E-state index contributed by atoms with van der Waals surface area (Å²) in [6, 6.07) is 13.4. The van der Waals surface area contributed by atoms with Crippen LogP contribution in [0.2, 0.25) is 0 Å². The maximum Gasteiger partial charge on any atom is 0.165 e. The van der Waals surface area contributed by atoms with Crippen LogP contribution in [0.4, 0.5) is 5.69 Å². The van der Waals surface area contributed by atoms with Crippen LogP contribution in [0.5, 0.6) is 11.5 Å². The van der Waals surface area contributed by atoms with Crippen LogP contribution in [0.1, 0.15) is 56.8 Å². The molecule has 0 spiro atoms. The van der Waals surface area contributed by atoms with Gasteiger partial charge in [0.25, 0.3) is 0 Å². The number of benzene rings is 2. The maximum atomic E-state index is 11.3. The monoisotopic (exact) mass is 447 g/mol. The van der Waals surface area contributed by atoms with E-state index in [0.29, 0.717) is 5.56 Å². The minimum atomic E-state index is 0.645. The van der Waals surface area contributed by atoms with Crippen LogP contribution in [0.15, 0.2) is 47.4 Å². The average Bonchev–Trinajstić information content (AvgIpc) is 2.80. The van der Waals surface area contributed by atoms with Crippen LogP contribution < -0.4 is 19.7 Å². The fourth-order valence-corrected chi connectivity index (χ4v) is 3.02. The summed E-state index contributed by atoms with van der Waals surface area (Å²) in [6.07, 6.45) is 5.72. The number of nitrogens with one attached hydrogen (secondary N) is 2. The van der Waals surface area contributed by atoms with E-state index in [9.17, 15) is 4.79 Å². The Morgan fingerprint density at radius 1 is 1.00 bits per heavy atom. The van der Waals surface area contributed by atoms with Gasteiger partial charge in [0.2, 0.25) is 0 Å². The predicted octanol–water partition coefficient (Wildman–Crippen LogP) is 6.40. The van der Waals surface area contributed by atoms with Crippen molar-refractivity contribution in [1.29, 1.82) is 0 Å². The normalized spacial score (nSPS) is 9.65. The number of para-hydroxylation sites is 1. The lowest BCUT2D eigenvalue weighted by Gasteiger charge is -2.24. The van der Waals surface area contributed by atoms with E-state index in [1.165, 1.54) is 24.8 Å². The molecule has 0 radical (unpaired) electrons. The lowest BCUT2D eigenvalue weighted by molar-refractivity contribution is 0.112. The van der Waals surface area contributed by atoms with E-state index in [1.54, 1.807) is 0 Å². The zero-order chi connectivity index (χ0) is 23.5. The molecule has 0 bridgehead atoms. The highest BCUT2D eigenvalue weighted by molar-refractivity contribution is 7.97. The first-order valence-corrected chi connectivity index (χ1v) is 11.8. The number of hydrogen-bond donors (Lipinski definition) is 2. The zero-order valence-corrected chi connectivity index (χ0v) is 21.1. The van der Waals surface area contributed by atoms with Gasteiger partial charge < -0.3 is 15.0 Å². The highest BCUT2D eigenvalue weighted by atomic mass is 32.2. The molecule has 31 heavy (non-hydrogen) atoms. The van der Waals surface area contributed by atoms with Gasteiger partial charge in [0, 0.05) is 19.2 Å². The Bertz CT molecular complexity index is 709. The fourth-order valence-electron chi connectivity index (χ4n) is 2.37. The molecule has 0 unspecified atom stereocenters. The minimum Gasteiger partial charge on any atom is -0.454 e. The second-order valence-electron chi connectivity index (χ2n) is 6.98. The van der Waals surface area contributed by atoms with Crippen LogP contribution in [0.3, 0.4) is 0 Å². The summed E-state index contributed by atoms with van der Waals surface area (Å²) in [5, 5.41) is 2.75. The van der Waals surface area contributed by atoms with Crippen LogP contribution in [-0.4, -0.2) is 41.0 Å². The molecule has 0 atom stereocenters. The topological polar surface area (TPSA) is 53.6 Å². The van der Waals surface area contributed by atoms with Crippen molar-refractivity contribution < 1.29 is 9.53 Å². The summed E-state index contributed by atoms with van der Waals surface area (Å²) in [6.45, 7) is 7.44. The van der Waals surface area contributed by atoms with Gasteiger partial charge in [-0.3, -0.25) is 9.52 Å². The Hall–Kier alpha value is -2.02. The standard InChI is InChI=1S/C19H24N2O2S.C4H10.C2H7N/c1-4-5-11-21(3)17-12-15(14-22)13-18(24-20-2)19(17)23-16-9-7-6-8-10-16;1-3-4-2;1-3-2/h6-10,12-14,20H,4-5,11H2,1-3H3;3-4H2,1-2H3;3H,1-2H3. The molecule has 2 rings (SSSR count). The SMILES string of the molecule is CCCC.CCCCN(C)c1cc(C=O)cc(SNC)c1Oc1ccccc1.CNC. The molecule has 2 N–H and O–H groups in total. The van der Waals surface area contributed by atoms with Gasteiger partial charge in [0.1, 0.15) is 12.0 Å². The van der Waals surface area contributed by atoms with E-state index < -0.39 is 0 Å². The van der Waals surface area contributed by atoms with Crippen molar-refractivity contribution in [2.45, 2.75) is 51.3 Å². The van der Waals surface area contributed by atoms with Gasteiger partial charge in [-0.05, 0) is 63.8 Å². The average molecular weight is 448 g/mol. The highest BCUT2D eigenvalue weighted by Crippen LogP contribution is 2.40. The molecular weight excluding hydrogens is 406 g/mol. The number of aldehydes is 1. The molecule has 0 fully saturated rings. The summed E-state index contributed by atoms with van der Waals surface area (Å²) in [5.74, 6) is 1.55. The van der Waals surface area contributed by atoms with E-state index in [4.69, 9.17) is 4.74 Å². The van der Waals surface area contributed by atoms with E-state index >= 15 is 0 Å². The quantitative estimate of drug-likeness (QED) is 0.325. The van der Waals surface area contributed by atoms with Gasteiger partial charge in [-0.25, -0.2) is 0 Å². The van der Waals surface area contributed by atoms with Crippen molar-refractivity contribution >= 4 is 23.9 Å². The second kappa shape index (κ2) is 18.7. The smallest absolute Gasteiger partial charge is 0.165 e. The second-order valence-corrected chi connectivity index (χ2v) is 8.03. The lowest BCUT2D eigenvalue weighted by Crippen LogP contribution is -2.19. The summed E-state index contributed by atoms with van der Waals surface area (Å²) in [4.78, 5) is 14.4. The number of anilines is 1. The van der Waals surface area contributed by atoms with Crippen molar-refractivity contribution in [3.8, 4) is 11.5 Å². The van der Waals surface area contributed by atoms with Crippen molar-refractivity contribution in [3.63, 3.8) is 0 Å². The molecule has 6 heteroatoms. The van der Waals surface area contributed by atoms with Gasteiger partial charge in [0.15, 0.2) is 5.75 Å². The Kier molecular flexibility index (Phi) is 17.5. The first-order valence-electron chi connectivity index (χ1n) is 11.0. The molecule has 2 aromatic carbocycles. The summed E-state index contributed by atoms with van der Waals surface area (Å²) in [7, 11) is 7.64. The van der Waals surface area contributed by atoms with Crippen LogP contribution in [0, 0.1) is 0 Å². The molecule has 0 amide bonds. The third-order valence-corrected chi connectivity index (χ3v) is 4.85. The summed E-state index contributed by atoms with van der Waals surface area (Å²) >= 11 is 1.45. The molecule has 5 nitrogen and oxygen atoms in total. The molecule has 0 saturated carbocycles. The number of carbonyl (C=O) groups excluding carboxylic acids is 1. The molecule has 174 valence electrons. The van der Waals surface area contributed by atoms with Crippen molar-refractivity contribution in [2.75, 3.05) is 39.6 Å². The predicted molar refractivity (Wildman–Crippen MR) is 137 cm³/mol. The number of ether oxygens (including phenoxy) is 1. The maximum absolute atomic E-state index is 11.3. The summed E-state index contributed by atoms with van der Waals surface area (Å²) < 4.78 is 9.25. The minimum absolute atomic E-state index is 0.645. The Labute approximate surface area is 194 Å². The van der Waals surface area contributed by atoms with Crippen molar-refractivity contribution in [2.24, 2.45) is 0 Å². The first kappa shape index (κ1) is 29.0. The van der Waals surface area contributed by atoms with Crippen LogP contribution in [0.25, 0.3) is 0 Å². The molecule has 2 aromatic rings. The largest absolute Gasteiger partial charge is 0.454 e. The number of carbonyl (C=O) groups is 1. The Morgan fingerprint density at radius 2 is 1.61 bits per heavy atom. The lowest BCUT2D eigenvalue weighted by atomic mass is 10.1. The first-order chi connectivity index (χ1) is 15.0. The number of rotatable bonds is 10. The van der Waals surface area contributed by atoms with Gasteiger partial charge in [-0.2, -0.15) is 0 Å². The molecule has 0 saturated heterocycles. The molecular formula is C25H41N3O2S. The van der Waals surface area contributed by atoms with Crippen molar-refractivity contribution in [1.82, 2.24) is 10.0 Å². The third kappa shape index (κ3) is 11.8. The van der Waals surface area contributed by atoms with Crippen LogP contribution in [-0.2, 0) is 0 Å². The van der Waals surface area contributed by atoms with Crippen molar-refractivity contribution in [3.05, 3.63) is 48.0 Å². The molecule has 0 aliphatic carbocycles. The number of unbranched alkanes of at least 4 members (excludes halogenated alkanes) is 2. The molecule has 0 aliphatic heterocycles. The van der Waals surface area contributed by atoms with E-state index in [-0.39, 0.29) is 0 Å². The Morgan fingerprint density at radius 3 is 2.10 bits per heavy atom. The highest BCUT2D eigenvalue weighted by Gasteiger charge is 2.17. The van der Waals surface area contributed by atoms with E-state index in [0.717, 1.165) is 47.8 Å². The van der Waals surface area contributed by atoms with E-state index in [1.807, 2.05) is 70.7 Å². The van der Waals surface area contributed by atoms with Crippen LogP contribution >= 0.6 is 11.9 Å². The van der Waals surface area contributed by atoms with Gasteiger partial charge >= 0.3 is 0 Å². The number of hydrogen-bond acceptors (Lipinski definition) is 6. The number of nitrogens with zero attached hydrogens (tertiary/aromatic N) is 1. The zero-order valence-electron chi connectivity index (χ0n) is 20.3. The third-order valence-electron chi connectivity index (χ3n) is 4.13. The Balaban J connectivity index is 0.00000113. The van der Waals surface area contributed by atoms with Gasteiger partial charge in [-0.15, -0.1) is 0 Å². The van der Waals surface area contributed by atoms with E-state index in [2.05, 4.69) is 35.7 Å².